The van der Waals surface area contributed by atoms with Gasteiger partial charge in [-0.05, 0) is 102 Å². The zero-order chi connectivity index (χ0) is 56.4. The molecule has 3 unspecified atom stereocenters. The second-order valence-electron chi connectivity index (χ2n) is 22.0. The third-order valence-corrected chi connectivity index (χ3v) is 16.0. The van der Waals surface area contributed by atoms with E-state index >= 15 is 0 Å². The summed E-state index contributed by atoms with van der Waals surface area (Å²) in [5, 5.41) is 17.2. The lowest BCUT2D eigenvalue weighted by Crippen LogP contribution is -2.58. The zero-order valence-electron chi connectivity index (χ0n) is 46.5. The number of H-pyrrole nitrogens is 1. The van der Waals surface area contributed by atoms with Crippen LogP contribution in [0, 0.1) is 17.8 Å². The SMILES string of the molecule is COC1[C@H](OC(=O)N[C@@H](COC(=O)[C@H](C)NC(=O)[C@H](Cc2c[nH]c3ccccc23)NC(=O)[C@H](CCSC)NC(=O)CNC(=O)C(NC(=O)C2CCCN2C(C)=O)C(C)C)C(C)C)CC[C@]2(CO2)[C@H]1[C@@]1(C)O[C@@H]1CC=C(C)C. The first-order valence-corrected chi connectivity index (χ1v) is 28.3. The number of benzene rings is 1. The fourth-order valence-corrected chi connectivity index (χ4v) is 11.2. The summed E-state index contributed by atoms with van der Waals surface area (Å²) in [5.74, 6) is -4.43. The molecule has 1 aromatic heterocycles. The zero-order valence-corrected chi connectivity index (χ0v) is 47.4. The van der Waals surface area contributed by atoms with Crippen LogP contribution in [0.15, 0.2) is 42.1 Å². The van der Waals surface area contributed by atoms with Crippen LogP contribution in [0.3, 0.4) is 0 Å². The normalized spacial score (nSPS) is 25.4. The van der Waals surface area contributed by atoms with Gasteiger partial charge in [0.05, 0.1) is 31.2 Å². The first kappa shape index (κ1) is 60.5. The van der Waals surface area contributed by atoms with Crippen LogP contribution >= 0.6 is 11.8 Å². The third-order valence-electron chi connectivity index (χ3n) is 15.3. The Bertz CT molecular complexity index is 2480. The molecule has 426 valence electrons. The van der Waals surface area contributed by atoms with Gasteiger partial charge in [-0.3, -0.25) is 28.8 Å². The Morgan fingerprint density at radius 2 is 1.62 bits per heavy atom. The van der Waals surface area contributed by atoms with Gasteiger partial charge in [0, 0.05) is 44.1 Å². The van der Waals surface area contributed by atoms with Crippen molar-refractivity contribution in [3.63, 3.8) is 0 Å². The fourth-order valence-electron chi connectivity index (χ4n) is 10.7. The molecule has 0 radical (unpaired) electrons. The van der Waals surface area contributed by atoms with Crippen molar-refractivity contribution in [3.05, 3.63) is 47.7 Å². The van der Waals surface area contributed by atoms with Crippen LogP contribution in [-0.4, -0.2) is 169 Å². The molecule has 1 aliphatic carbocycles. The van der Waals surface area contributed by atoms with Crippen molar-refractivity contribution in [3.8, 4) is 0 Å². The molecule has 4 aliphatic rings. The summed E-state index contributed by atoms with van der Waals surface area (Å²) in [5.41, 5.74) is 1.80. The number of carbonyl (C=O) groups excluding carboxylic acids is 8. The number of allylic oxidation sites excluding steroid dienone is 1. The van der Waals surface area contributed by atoms with Crippen LogP contribution in [0.1, 0.15) is 106 Å². The maximum Gasteiger partial charge on any atom is 0.407 e. The number of likely N-dealkylation sites (tertiary alicyclic amines) is 1. The van der Waals surface area contributed by atoms with Crippen molar-refractivity contribution in [2.24, 2.45) is 17.8 Å². The topological polar surface area (TPSA) is 281 Å². The number of aromatic amines is 1. The molecule has 0 bridgehead atoms. The third kappa shape index (κ3) is 15.5. The van der Waals surface area contributed by atoms with Crippen LogP contribution in [-0.2, 0) is 63.7 Å². The first-order chi connectivity index (χ1) is 36.5. The Morgan fingerprint density at radius 3 is 2.27 bits per heavy atom. The average Bonchev–Trinajstić information content (AvgIpc) is 4.25. The highest BCUT2D eigenvalue weighted by Crippen LogP contribution is 2.59. The molecule has 4 heterocycles. The van der Waals surface area contributed by atoms with Crippen LogP contribution in [0.4, 0.5) is 4.79 Å². The number of hydrogen-bond acceptors (Lipinski definition) is 14. The summed E-state index contributed by atoms with van der Waals surface area (Å²) >= 11 is 1.44. The number of rotatable bonds is 26. The molecule has 22 heteroatoms. The van der Waals surface area contributed by atoms with Crippen molar-refractivity contribution in [1.82, 2.24) is 41.8 Å². The van der Waals surface area contributed by atoms with Crippen molar-refractivity contribution in [2.45, 2.75) is 173 Å². The minimum atomic E-state index is -1.24. The quantitative estimate of drug-likeness (QED) is 0.0403. The van der Waals surface area contributed by atoms with E-state index in [-0.39, 0.29) is 49.2 Å². The Labute approximate surface area is 456 Å². The Hall–Kier alpha value is -5.71. The second-order valence-corrected chi connectivity index (χ2v) is 23.0. The molecule has 3 aliphatic heterocycles. The first-order valence-electron chi connectivity index (χ1n) is 26.9. The number of methoxy groups -OCH3 is 1. The summed E-state index contributed by atoms with van der Waals surface area (Å²) in [7, 11) is 1.60. The molecule has 77 heavy (non-hydrogen) atoms. The number of nitrogens with zero attached hydrogens (tertiary/aromatic N) is 1. The Balaban J connectivity index is 1.06. The van der Waals surface area contributed by atoms with E-state index < -0.39 is 108 Å². The Morgan fingerprint density at radius 1 is 0.909 bits per heavy atom. The van der Waals surface area contributed by atoms with Gasteiger partial charge in [0.2, 0.25) is 35.4 Å². The molecule has 1 aromatic carbocycles. The second kappa shape index (κ2) is 26.8. The fraction of sp³-hybridized carbons (Fsp3) is 0.673. The van der Waals surface area contributed by atoms with Crippen molar-refractivity contribution in [2.75, 3.05) is 45.4 Å². The van der Waals surface area contributed by atoms with Crippen LogP contribution < -0.4 is 31.9 Å². The van der Waals surface area contributed by atoms with Gasteiger partial charge in [-0.1, -0.05) is 57.5 Å². The van der Waals surface area contributed by atoms with Crippen LogP contribution in [0.5, 0.6) is 0 Å². The number of esters is 1. The maximum atomic E-state index is 14.2. The molecule has 1 spiro atoms. The van der Waals surface area contributed by atoms with Crippen LogP contribution in [0.2, 0.25) is 0 Å². The molecule has 7 N–H and O–H groups in total. The highest BCUT2D eigenvalue weighted by atomic mass is 32.2. The van der Waals surface area contributed by atoms with E-state index in [4.69, 9.17) is 23.7 Å². The van der Waals surface area contributed by atoms with E-state index in [1.807, 2.05) is 58.2 Å². The smallest absolute Gasteiger partial charge is 0.407 e. The number of epoxide rings is 2. The molecule has 12 atom stereocenters. The number of aromatic nitrogens is 1. The molecule has 1 saturated carbocycles. The van der Waals surface area contributed by atoms with Gasteiger partial charge in [-0.2, -0.15) is 11.8 Å². The van der Waals surface area contributed by atoms with Gasteiger partial charge in [-0.25, -0.2) is 9.59 Å². The average molecular weight is 1100 g/mol. The van der Waals surface area contributed by atoms with Crippen LogP contribution in [0.25, 0.3) is 10.9 Å². The highest BCUT2D eigenvalue weighted by Gasteiger charge is 2.72. The lowest BCUT2D eigenvalue weighted by Gasteiger charge is -2.42. The molecule has 4 fully saturated rings. The minimum absolute atomic E-state index is 0.000171. The number of thioether (sulfide) groups is 1. The van der Waals surface area contributed by atoms with E-state index in [0.717, 1.165) is 17.3 Å². The van der Waals surface area contributed by atoms with Crippen molar-refractivity contribution < 1.29 is 62.0 Å². The molecular formula is C55H82N8O13S. The molecular weight excluding hydrogens is 1010 g/mol. The summed E-state index contributed by atoms with van der Waals surface area (Å²) in [4.78, 5) is 112. The molecule has 2 aromatic rings. The number of nitrogens with one attached hydrogen (secondary N) is 7. The number of para-hydroxylation sites is 1. The number of alkyl carbamates (subject to hydrolysis) is 1. The predicted octanol–water partition coefficient (Wildman–Crippen LogP) is 3.58. The summed E-state index contributed by atoms with van der Waals surface area (Å²) in [6.45, 7) is 16.5. The summed E-state index contributed by atoms with van der Waals surface area (Å²) < 4.78 is 30.2. The summed E-state index contributed by atoms with van der Waals surface area (Å²) in [6.07, 6.45) is 7.20. The summed E-state index contributed by atoms with van der Waals surface area (Å²) in [6, 6.07) is 1.51. The molecule has 7 amide bonds. The maximum absolute atomic E-state index is 14.2. The van der Waals surface area contributed by atoms with Crippen molar-refractivity contribution in [1.29, 1.82) is 0 Å². The van der Waals surface area contributed by atoms with Gasteiger partial charge in [0.1, 0.15) is 60.2 Å². The van der Waals surface area contributed by atoms with Gasteiger partial charge in [0.15, 0.2) is 0 Å². The Kier molecular flexibility index (Phi) is 21.0. The van der Waals surface area contributed by atoms with Crippen molar-refractivity contribution >= 4 is 70.2 Å². The minimum Gasteiger partial charge on any atom is -0.462 e. The highest BCUT2D eigenvalue weighted by molar-refractivity contribution is 7.98. The number of fused-ring (bicyclic) bond motifs is 1. The number of carbonyl (C=O) groups is 8. The van der Waals surface area contributed by atoms with E-state index in [9.17, 15) is 38.4 Å². The standard InChI is InChI=1S/C55H82N8O13S/c1-30(2)18-19-43-54(9,76-43)47-46(72-10)42(20-22-55(47)29-74-55)75-53(71)61-40(31(3)4)28-73-52(70)33(7)58-49(67)39(25-35-26-56-37-16-13-12-15-36(35)37)60-48(66)38(21-24-77-11)59-44(65)27-57-51(69)45(32(5)6)62-50(68)41-17-14-23-63(41)34(8)64/h12-13,15-16,18,26,31-33,38-43,45-47,56H,14,17,19-25,27-29H2,1-11H3,(H,57,69)(H,58,67)(H,59,65)(H,60,66)(H,61,71)(H,62,68)/t33-,38-,39-,40-,41?,42+,43+,45?,46?,47+,54-,55-/m0/s1. The van der Waals surface area contributed by atoms with Gasteiger partial charge < -0.3 is 65.5 Å². The van der Waals surface area contributed by atoms with Gasteiger partial charge in [-0.15, -0.1) is 0 Å². The van der Waals surface area contributed by atoms with Gasteiger partial charge >= 0.3 is 12.1 Å². The van der Waals surface area contributed by atoms with E-state index in [0.29, 0.717) is 50.2 Å². The largest absolute Gasteiger partial charge is 0.462 e. The number of ether oxygens (including phenoxy) is 5. The molecule has 21 nitrogen and oxygen atoms in total. The monoisotopic (exact) mass is 1090 g/mol. The molecule has 3 saturated heterocycles. The predicted molar refractivity (Wildman–Crippen MR) is 289 cm³/mol. The lowest BCUT2D eigenvalue weighted by atomic mass is 9.68. The van der Waals surface area contributed by atoms with E-state index in [1.165, 1.54) is 36.1 Å². The van der Waals surface area contributed by atoms with Gasteiger partial charge in [0.25, 0.3) is 0 Å². The van der Waals surface area contributed by atoms with E-state index in [1.54, 1.807) is 27.2 Å². The lowest BCUT2D eigenvalue weighted by molar-refractivity contribution is -0.148. The number of amides is 7. The van der Waals surface area contributed by atoms with E-state index in [2.05, 4.69) is 49.9 Å². The number of hydrogen-bond donors (Lipinski definition) is 7. The molecule has 6 rings (SSSR count).